The molecule has 0 atom stereocenters. The predicted octanol–water partition coefficient (Wildman–Crippen LogP) is 5.82. The van der Waals surface area contributed by atoms with Crippen molar-refractivity contribution in [3.8, 4) is 0 Å². The Morgan fingerprint density at radius 3 is 1.65 bits per heavy atom. The van der Waals surface area contributed by atoms with Crippen LogP contribution in [0.4, 0.5) is 0 Å². The summed E-state index contributed by atoms with van der Waals surface area (Å²) < 4.78 is 0. The third-order valence-electron chi connectivity index (χ3n) is 2.78. The van der Waals surface area contributed by atoms with Crippen LogP contribution in [0.1, 0.15) is 44.4 Å². The van der Waals surface area contributed by atoms with Crippen molar-refractivity contribution in [2.75, 3.05) is 0 Å². The van der Waals surface area contributed by atoms with Gasteiger partial charge in [0.15, 0.2) is 0 Å². The van der Waals surface area contributed by atoms with Gasteiger partial charge in [0.1, 0.15) is 0 Å². The van der Waals surface area contributed by atoms with E-state index in [1.54, 1.807) is 0 Å². The van der Waals surface area contributed by atoms with Crippen molar-refractivity contribution >= 4 is 10.8 Å². The molecule has 0 N–H and O–H groups in total. The average Bonchev–Trinajstić information content (AvgIpc) is 2.41. The van der Waals surface area contributed by atoms with E-state index in [0.29, 0.717) is 0 Å². The lowest BCUT2D eigenvalue weighted by atomic mass is 9.97. The van der Waals surface area contributed by atoms with Gasteiger partial charge in [-0.3, -0.25) is 0 Å². The first kappa shape index (κ1) is 15.7. The van der Waals surface area contributed by atoms with Crippen molar-refractivity contribution in [3.63, 3.8) is 0 Å². The minimum absolute atomic E-state index is 1.37. The van der Waals surface area contributed by atoms with E-state index < -0.39 is 0 Å². The molecule has 0 aliphatic carbocycles. The van der Waals surface area contributed by atoms with Crippen LogP contribution in [-0.2, 0) is 0 Å². The summed E-state index contributed by atoms with van der Waals surface area (Å²) in [6.07, 6.45) is 0. The van der Waals surface area contributed by atoms with Crippen molar-refractivity contribution in [1.29, 1.82) is 0 Å². The Morgan fingerprint density at radius 1 is 0.647 bits per heavy atom. The van der Waals surface area contributed by atoms with Crippen molar-refractivity contribution < 1.29 is 0 Å². The van der Waals surface area contributed by atoms with Gasteiger partial charge in [0.05, 0.1) is 0 Å². The first-order chi connectivity index (χ1) is 8.20. The van der Waals surface area contributed by atoms with E-state index in [1.165, 1.54) is 27.5 Å². The second-order valence-electron chi connectivity index (χ2n) is 3.68. The van der Waals surface area contributed by atoms with E-state index >= 15 is 0 Å². The van der Waals surface area contributed by atoms with Gasteiger partial charge in [-0.15, -0.1) is 0 Å². The maximum Gasteiger partial charge on any atom is -0.0149 e. The highest BCUT2D eigenvalue weighted by atomic mass is 14.1. The number of benzene rings is 2. The SMILES string of the molecule is CC.CC.Cc1cc(C)c2ccccc2c1C. The summed E-state index contributed by atoms with van der Waals surface area (Å²) in [4.78, 5) is 0. The Bertz CT molecular complexity index is 453. The van der Waals surface area contributed by atoms with Crippen molar-refractivity contribution in [2.24, 2.45) is 0 Å². The van der Waals surface area contributed by atoms with Gasteiger partial charge < -0.3 is 0 Å². The first-order valence-corrected chi connectivity index (χ1v) is 6.65. The molecular weight excluding hydrogens is 204 g/mol. The number of hydrogen-bond donors (Lipinski definition) is 0. The van der Waals surface area contributed by atoms with E-state index in [0.717, 1.165) is 0 Å². The Hall–Kier alpha value is -1.30. The molecule has 0 radical (unpaired) electrons. The molecule has 0 saturated carbocycles. The van der Waals surface area contributed by atoms with Crippen LogP contribution >= 0.6 is 0 Å². The summed E-state index contributed by atoms with van der Waals surface area (Å²) in [5.74, 6) is 0. The average molecular weight is 230 g/mol. The lowest BCUT2D eigenvalue weighted by molar-refractivity contribution is 1.34. The fraction of sp³-hybridized carbons (Fsp3) is 0.412. The standard InChI is InChI=1S/C13H14.2C2H6/c1-9-8-10(2)12-6-4-5-7-13(12)11(9)3;2*1-2/h4-8H,1-3H3;2*1-2H3. The van der Waals surface area contributed by atoms with Gasteiger partial charge in [0, 0.05) is 0 Å². The topological polar surface area (TPSA) is 0 Å². The minimum Gasteiger partial charge on any atom is -0.0683 e. The van der Waals surface area contributed by atoms with E-state index in [1.807, 2.05) is 27.7 Å². The van der Waals surface area contributed by atoms with E-state index in [2.05, 4.69) is 51.1 Å². The van der Waals surface area contributed by atoms with Gasteiger partial charge >= 0.3 is 0 Å². The Labute approximate surface area is 107 Å². The fourth-order valence-corrected chi connectivity index (χ4v) is 1.88. The smallest absolute Gasteiger partial charge is 0.0149 e. The molecule has 0 heterocycles. The minimum atomic E-state index is 1.37. The van der Waals surface area contributed by atoms with E-state index in [4.69, 9.17) is 0 Å². The Kier molecular flexibility index (Phi) is 7.29. The molecule has 0 spiro atoms. The lowest BCUT2D eigenvalue weighted by Gasteiger charge is -2.08. The maximum absolute atomic E-state index is 2.26. The largest absolute Gasteiger partial charge is 0.0683 e. The van der Waals surface area contributed by atoms with Gasteiger partial charge in [0.2, 0.25) is 0 Å². The molecule has 0 amide bonds. The highest BCUT2D eigenvalue weighted by molar-refractivity contribution is 5.89. The van der Waals surface area contributed by atoms with Crippen LogP contribution in [-0.4, -0.2) is 0 Å². The van der Waals surface area contributed by atoms with Crippen molar-refractivity contribution in [1.82, 2.24) is 0 Å². The Balaban J connectivity index is 0.000000581. The molecule has 0 saturated heterocycles. The summed E-state index contributed by atoms with van der Waals surface area (Å²) in [6, 6.07) is 10.9. The second-order valence-corrected chi connectivity index (χ2v) is 3.68. The third-order valence-corrected chi connectivity index (χ3v) is 2.78. The maximum atomic E-state index is 2.26. The second kappa shape index (κ2) is 7.89. The summed E-state index contributed by atoms with van der Waals surface area (Å²) in [7, 11) is 0. The zero-order chi connectivity index (χ0) is 13.4. The van der Waals surface area contributed by atoms with Gasteiger partial charge in [-0.2, -0.15) is 0 Å². The quantitative estimate of drug-likeness (QED) is 0.535. The highest BCUT2D eigenvalue weighted by Crippen LogP contribution is 2.24. The molecule has 0 heteroatoms. The molecule has 94 valence electrons. The van der Waals surface area contributed by atoms with E-state index in [-0.39, 0.29) is 0 Å². The van der Waals surface area contributed by atoms with Gasteiger partial charge in [-0.05, 0) is 48.2 Å². The molecule has 0 aromatic heterocycles. The molecule has 17 heavy (non-hydrogen) atoms. The monoisotopic (exact) mass is 230 g/mol. The van der Waals surface area contributed by atoms with Crippen molar-refractivity contribution in [3.05, 3.63) is 47.0 Å². The summed E-state index contributed by atoms with van der Waals surface area (Å²) in [5, 5.41) is 2.77. The highest BCUT2D eigenvalue weighted by Gasteiger charge is 2.01. The molecule has 0 unspecified atom stereocenters. The lowest BCUT2D eigenvalue weighted by Crippen LogP contribution is -1.86. The molecule has 0 aliphatic rings. The number of aryl methyl sites for hydroxylation is 3. The predicted molar refractivity (Wildman–Crippen MR) is 80.9 cm³/mol. The number of hydrogen-bond acceptors (Lipinski definition) is 0. The van der Waals surface area contributed by atoms with Crippen LogP contribution in [0.3, 0.4) is 0 Å². The van der Waals surface area contributed by atoms with Crippen molar-refractivity contribution in [2.45, 2.75) is 48.5 Å². The first-order valence-electron chi connectivity index (χ1n) is 6.65. The Morgan fingerprint density at radius 2 is 1.12 bits per heavy atom. The molecule has 0 bridgehead atoms. The number of fused-ring (bicyclic) bond motifs is 1. The van der Waals surface area contributed by atoms with Crippen LogP contribution in [0.2, 0.25) is 0 Å². The van der Waals surface area contributed by atoms with Gasteiger partial charge in [-0.1, -0.05) is 58.0 Å². The molecule has 0 aliphatic heterocycles. The van der Waals surface area contributed by atoms with Crippen LogP contribution in [0.5, 0.6) is 0 Å². The molecule has 2 aromatic rings. The number of rotatable bonds is 0. The molecule has 2 rings (SSSR count). The summed E-state index contributed by atoms with van der Waals surface area (Å²) >= 11 is 0. The summed E-state index contributed by atoms with van der Waals surface area (Å²) in [6.45, 7) is 14.5. The fourth-order valence-electron chi connectivity index (χ4n) is 1.88. The summed E-state index contributed by atoms with van der Waals surface area (Å²) in [5.41, 5.74) is 4.16. The molecule has 0 fully saturated rings. The zero-order valence-electron chi connectivity index (χ0n) is 12.4. The third kappa shape index (κ3) is 3.59. The van der Waals surface area contributed by atoms with Crippen LogP contribution in [0.25, 0.3) is 10.8 Å². The normalized spacial score (nSPS) is 8.88. The van der Waals surface area contributed by atoms with Crippen LogP contribution < -0.4 is 0 Å². The van der Waals surface area contributed by atoms with Crippen LogP contribution in [0.15, 0.2) is 30.3 Å². The van der Waals surface area contributed by atoms with Gasteiger partial charge in [0.25, 0.3) is 0 Å². The molecule has 0 nitrogen and oxygen atoms in total. The van der Waals surface area contributed by atoms with E-state index in [9.17, 15) is 0 Å². The molecule has 2 aromatic carbocycles. The van der Waals surface area contributed by atoms with Crippen LogP contribution in [0, 0.1) is 20.8 Å². The van der Waals surface area contributed by atoms with Gasteiger partial charge in [-0.25, -0.2) is 0 Å². The zero-order valence-corrected chi connectivity index (χ0v) is 12.4. The molecular formula is C17H26.